The molecule has 0 saturated carbocycles. The molecule has 2 fully saturated rings. The lowest BCUT2D eigenvalue weighted by molar-refractivity contribution is -0.150. The topological polar surface area (TPSA) is 107 Å². The van der Waals surface area contributed by atoms with Crippen molar-refractivity contribution >= 4 is 47.0 Å². The molecule has 13 heteroatoms. The zero-order chi connectivity index (χ0) is 26.4. The van der Waals surface area contributed by atoms with Crippen LogP contribution in [0.4, 0.5) is 34.1 Å². The summed E-state index contributed by atoms with van der Waals surface area (Å²) in [6, 6.07) is 6.66. The minimum atomic E-state index is -4.65. The minimum absolute atomic E-state index is 0.0402. The highest BCUT2D eigenvalue weighted by Gasteiger charge is 2.44. The molecule has 2 aliphatic heterocycles. The minimum Gasteiger partial charge on any atom is -0.481 e. The molecule has 9 nitrogen and oxygen atoms in total. The number of rotatable bonds is 5. The van der Waals surface area contributed by atoms with Crippen molar-refractivity contribution in [3.05, 3.63) is 58.1 Å². The summed E-state index contributed by atoms with van der Waals surface area (Å²) in [6.45, 7) is 0.588. The summed E-state index contributed by atoms with van der Waals surface area (Å²) in [5, 5.41) is 9.67. The number of nitrogens with zero attached hydrogens (tertiary/aromatic N) is 3. The molecule has 0 spiro atoms. The van der Waals surface area contributed by atoms with Crippen LogP contribution in [0.5, 0.6) is 0 Å². The Morgan fingerprint density at radius 1 is 1.17 bits per heavy atom. The van der Waals surface area contributed by atoms with Crippen LogP contribution in [0.1, 0.15) is 16.7 Å². The summed E-state index contributed by atoms with van der Waals surface area (Å²) in [5.41, 5.74) is -0.607. The van der Waals surface area contributed by atoms with Crippen LogP contribution in [0, 0.1) is 12.8 Å². The van der Waals surface area contributed by atoms with Gasteiger partial charge < -0.3 is 9.84 Å². The molecule has 0 bridgehead atoms. The van der Waals surface area contributed by atoms with Gasteiger partial charge in [0.2, 0.25) is 5.91 Å². The lowest BCUT2D eigenvalue weighted by Gasteiger charge is -2.37. The lowest BCUT2D eigenvalue weighted by atomic mass is 9.99. The molecule has 0 aliphatic carbocycles. The first kappa shape index (κ1) is 25.3. The molecule has 2 aromatic rings. The van der Waals surface area contributed by atoms with Crippen molar-refractivity contribution in [2.24, 2.45) is 5.92 Å². The number of benzene rings is 2. The van der Waals surface area contributed by atoms with Gasteiger partial charge in [0.05, 0.1) is 29.4 Å². The summed E-state index contributed by atoms with van der Waals surface area (Å²) in [7, 11) is 0. The second-order valence-electron chi connectivity index (χ2n) is 8.20. The second kappa shape index (κ2) is 9.34. The van der Waals surface area contributed by atoms with Gasteiger partial charge in [0.25, 0.3) is 0 Å². The third kappa shape index (κ3) is 4.55. The highest BCUT2D eigenvalue weighted by atomic mass is 35.5. The van der Waals surface area contributed by atoms with Gasteiger partial charge in [0.15, 0.2) is 5.92 Å². The Balaban J connectivity index is 1.68. The SMILES string of the molecule is Cc1c(CN2C(=O)C(C(=O)O)CN(c3ccc(N4CCOC4=O)c(Cl)c3)C2=O)cccc1C(F)(F)F. The van der Waals surface area contributed by atoms with E-state index in [1.165, 1.54) is 36.1 Å². The van der Waals surface area contributed by atoms with Crippen molar-refractivity contribution in [2.75, 3.05) is 29.5 Å². The molecule has 2 aliphatic rings. The van der Waals surface area contributed by atoms with Gasteiger partial charge in [0.1, 0.15) is 6.61 Å². The van der Waals surface area contributed by atoms with Crippen LogP contribution in [0.15, 0.2) is 36.4 Å². The van der Waals surface area contributed by atoms with E-state index in [0.717, 1.165) is 17.0 Å². The fourth-order valence-electron chi connectivity index (χ4n) is 4.14. The van der Waals surface area contributed by atoms with Crippen LogP contribution < -0.4 is 9.80 Å². The number of amides is 4. The van der Waals surface area contributed by atoms with Crippen LogP contribution in [0.25, 0.3) is 0 Å². The van der Waals surface area contributed by atoms with E-state index in [0.29, 0.717) is 10.6 Å². The van der Waals surface area contributed by atoms with Crippen molar-refractivity contribution in [3.63, 3.8) is 0 Å². The van der Waals surface area contributed by atoms with E-state index in [-0.39, 0.29) is 35.0 Å². The average Bonchev–Trinajstić information content (AvgIpc) is 3.22. The molecule has 2 aromatic carbocycles. The maximum atomic E-state index is 13.3. The molecule has 1 unspecified atom stereocenters. The Labute approximate surface area is 207 Å². The predicted molar refractivity (Wildman–Crippen MR) is 121 cm³/mol. The maximum absolute atomic E-state index is 13.3. The van der Waals surface area contributed by atoms with Crippen molar-refractivity contribution in [1.29, 1.82) is 0 Å². The maximum Gasteiger partial charge on any atom is 0.416 e. The van der Waals surface area contributed by atoms with E-state index in [1.807, 2.05) is 0 Å². The van der Waals surface area contributed by atoms with E-state index in [1.54, 1.807) is 0 Å². The van der Waals surface area contributed by atoms with E-state index >= 15 is 0 Å². The fourth-order valence-corrected chi connectivity index (χ4v) is 4.42. The lowest BCUT2D eigenvalue weighted by Crippen LogP contribution is -2.58. The molecule has 1 N–H and O–H groups in total. The van der Waals surface area contributed by atoms with Crippen LogP contribution in [-0.2, 0) is 27.0 Å². The van der Waals surface area contributed by atoms with Crippen molar-refractivity contribution in [3.8, 4) is 0 Å². The number of hydrogen-bond donors (Lipinski definition) is 1. The highest BCUT2D eigenvalue weighted by molar-refractivity contribution is 6.34. The third-order valence-corrected chi connectivity index (χ3v) is 6.37. The summed E-state index contributed by atoms with van der Waals surface area (Å²) in [6.07, 6.45) is -5.25. The van der Waals surface area contributed by atoms with Gasteiger partial charge in [-0.3, -0.25) is 24.3 Å². The fraction of sp³-hybridized carbons (Fsp3) is 0.304. The smallest absolute Gasteiger partial charge is 0.416 e. The molecule has 2 heterocycles. The largest absolute Gasteiger partial charge is 0.481 e. The first-order chi connectivity index (χ1) is 16.9. The number of carbonyl (C=O) groups excluding carboxylic acids is 3. The third-order valence-electron chi connectivity index (χ3n) is 6.06. The zero-order valence-electron chi connectivity index (χ0n) is 18.7. The van der Waals surface area contributed by atoms with Crippen LogP contribution in [0.2, 0.25) is 5.02 Å². The summed E-state index contributed by atoms with van der Waals surface area (Å²) in [4.78, 5) is 52.7. The Bertz CT molecular complexity index is 1270. The first-order valence-corrected chi connectivity index (χ1v) is 11.0. The van der Waals surface area contributed by atoms with E-state index in [2.05, 4.69) is 0 Å². The van der Waals surface area contributed by atoms with Crippen LogP contribution >= 0.6 is 11.6 Å². The molecule has 4 rings (SSSR count). The zero-order valence-corrected chi connectivity index (χ0v) is 19.5. The van der Waals surface area contributed by atoms with Crippen LogP contribution in [-0.4, -0.2) is 53.7 Å². The summed E-state index contributed by atoms with van der Waals surface area (Å²) in [5.74, 6) is -4.19. The monoisotopic (exact) mass is 525 g/mol. The van der Waals surface area contributed by atoms with Gasteiger partial charge in [-0.1, -0.05) is 23.7 Å². The number of anilines is 2. The molecule has 4 amide bonds. The molecule has 0 radical (unpaired) electrons. The number of alkyl halides is 3. The number of halogens is 4. The molecule has 1 atom stereocenters. The number of carboxylic acids is 1. The van der Waals surface area contributed by atoms with Crippen molar-refractivity contribution in [2.45, 2.75) is 19.6 Å². The number of hydrogen-bond acceptors (Lipinski definition) is 5. The van der Waals surface area contributed by atoms with E-state index in [4.69, 9.17) is 16.3 Å². The number of cyclic esters (lactones) is 1. The molecule has 2 saturated heterocycles. The normalized spacial score (nSPS) is 18.6. The van der Waals surface area contributed by atoms with E-state index < -0.39 is 54.7 Å². The number of aliphatic carboxylic acids is 1. The molecule has 0 aromatic heterocycles. The Morgan fingerprint density at radius 2 is 1.89 bits per heavy atom. The van der Waals surface area contributed by atoms with Crippen molar-refractivity contribution < 1.29 is 42.2 Å². The Morgan fingerprint density at radius 3 is 2.47 bits per heavy atom. The number of ether oxygens (including phenoxy) is 1. The number of carbonyl (C=O) groups is 4. The van der Waals surface area contributed by atoms with Gasteiger partial charge in [-0.2, -0.15) is 13.2 Å². The number of urea groups is 1. The van der Waals surface area contributed by atoms with Gasteiger partial charge in [0, 0.05) is 12.2 Å². The van der Waals surface area contributed by atoms with E-state index in [9.17, 15) is 37.5 Å². The van der Waals surface area contributed by atoms with Crippen LogP contribution in [0.3, 0.4) is 0 Å². The average molecular weight is 526 g/mol. The van der Waals surface area contributed by atoms with Gasteiger partial charge in [-0.05, 0) is 42.3 Å². The highest BCUT2D eigenvalue weighted by Crippen LogP contribution is 2.36. The molecule has 190 valence electrons. The van der Waals surface area contributed by atoms with Gasteiger partial charge in [-0.15, -0.1) is 0 Å². The van der Waals surface area contributed by atoms with Crippen molar-refractivity contribution in [1.82, 2.24) is 4.90 Å². The standard InChI is InChI=1S/C23H19ClF3N3O6/c1-12-13(3-2-4-16(12)23(25,26)27)10-30-19(31)15(20(32)33)11-29(21(30)34)14-5-6-18(17(24)9-14)28-7-8-36-22(28)35/h2-6,9,15H,7-8,10-11H2,1H3,(H,32,33). The Kier molecular flexibility index (Phi) is 6.56. The second-order valence-corrected chi connectivity index (χ2v) is 8.60. The quantitative estimate of drug-likeness (QED) is 0.583. The Hall–Kier alpha value is -3.80. The van der Waals surface area contributed by atoms with Gasteiger partial charge >= 0.3 is 24.3 Å². The van der Waals surface area contributed by atoms with Gasteiger partial charge in [-0.25, -0.2) is 9.59 Å². The summed E-state index contributed by atoms with van der Waals surface area (Å²) < 4.78 is 44.9. The molecule has 36 heavy (non-hydrogen) atoms. The predicted octanol–water partition coefficient (Wildman–Crippen LogP) is 4.29. The number of imide groups is 1. The number of carboxylic acid groups (broad SMARTS) is 1. The molecular formula is C23H19ClF3N3O6. The molecular weight excluding hydrogens is 507 g/mol. The summed E-state index contributed by atoms with van der Waals surface area (Å²) >= 11 is 6.33. The first-order valence-electron chi connectivity index (χ1n) is 10.7.